The number of aliphatic hydroxyl groups excluding tert-OH is 1. The zero-order valence-corrected chi connectivity index (χ0v) is 7.50. The number of hydrogen-bond acceptors (Lipinski definition) is 2. The maximum Gasteiger partial charge on any atom is 0.295 e. The third kappa shape index (κ3) is 3.99. The predicted octanol–water partition coefficient (Wildman–Crippen LogP) is 0.143. The molecule has 1 amide bonds. The van der Waals surface area contributed by atoms with Crippen molar-refractivity contribution in [1.82, 2.24) is 5.32 Å². The molecule has 0 aliphatic rings. The first kappa shape index (κ1) is 11.0. The molecule has 0 aromatic carbocycles. The first-order chi connectivity index (χ1) is 5.61. The lowest BCUT2D eigenvalue weighted by Gasteiger charge is -2.19. The molecular formula is C9H15NO2. The van der Waals surface area contributed by atoms with Crippen LogP contribution in [0.3, 0.4) is 0 Å². The van der Waals surface area contributed by atoms with Crippen LogP contribution in [0.5, 0.6) is 0 Å². The molecule has 0 bridgehead atoms. The van der Waals surface area contributed by atoms with Gasteiger partial charge in [0, 0.05) is 12.6 Å². The highest BCUT2D eigenvalue weighted by Gasteiger charge is 2.13. The van der Waals surface area contributed by atoms with E-state index in [0.29, 0.717) is 6.42 Å². The molecule has 0 aromatic heterocycles. The molecule has 12 heavy (non-hydrogen) atoms. The number of nitrogens with one attached hydrogen (secondary N) is 1. The van der Waals surface area contributed by atoms with Crippen molar-refractivity contribution in [1.29, 1.82) is 0 Å². The summed E-state index contributed by atoms with van der Waals surface area (Å²) in [6.45, 7) is 4.00. The smallest absolute Gasteiger partial charge is 0.295 e. The number of amides is 1. The minimum absolute atomic E-state index is 0.0291. The SMILES string of the molecule is C#CC(=O)NC(CCO)C(C)C. The summed E-state index contributed by atoms with van der Waals surface area (Å²) in [4.78, 5) is 10.8. The van der Waals surface area contributed by atoms with Crippen molar-refractivity contribution in [2.24, 2.45) is 5.92 Å². The molecule has 0 aromatic rings. The van der Waals surface area contributed by atoms with E-state index in [0.717, 1.165) is 0 Å². The van der Waals surface area contributed by atoms with Crippen LogP contribution in [0.25, 0.3) is 0 Å². The highest BCUT2D eigenvalue weighted by molar-refractivity contribution is 5.93. The topological polar surface area (TPSA) is 49.3 Å². The molecule has 3 nitrogen and oxygen atoms in total. The van der Waals surface area contributed by atoms with Crippen LogP contribution in [-0.4, -0.2) is 23.7 Å². The summed E-state index contributed by atoms with van der Waals surface area (Å²) in [5.74, 6) is 1.85. The van der Waals surface area contributed by atoms with Gasteiger partial charge in [-0.25, -0.2) is 0 Å². The van der Waals surface area contributed by atoms with E-state index in [-0.39, 0.29) is 18.6 Å². The molecular weight excluding hydrogens is 154 g/mol. The Morgan fingerprint density at radius 2 is 2.25 bits per heavy atom. The van der Waals surface area contributed by atoms with Crippen molar-refractivity contribution in [2.45, 2.75) is 26.3 Å². The van der Waals surface area contributed by atoms with Crippen LogP contribution in [0.1, 0.15) is 20.3 Å². The Morgan fingerprint density at radius 1 is 1.67 bits per heavy atom. The Kier molecular flexibility index (Phi) is 5.14. The molecule has 0 fully saturated rings. The first-order valence-corrected chi connectivity index (χ1v) is 3.99. The second-order valence-corrected chi connectivity index (χ2v) is 2.98. The van der Waals surface area contributed by atoms with Crippen LogP contribution >= 0.6 is 0 Å². The largest absolute Gasteiger partial charge is 0.396 e. The first-order valence-electron chi connectivity index (χ1n) is 3.99. The average Bonchev–Trinajstić information content (AvgIpc) is 2.03. The lowest BCUT2D eigenvalue weighted by Crippen LogP contribution is -2.38. The summed E-state index contributed by atoms with van der Waals surface area (Å²) < 4.78 is 0. The molecule has 0 spiro atoms. The predicted molar refractivity (Wildman–Crippen MR) is 47.3 cm³/mol. The molecule has 0 saturated carbocycles. The number of terminal acetylenes is 1. The van der Waals surface area contributed by atoms with Crippen LogP contribution in [0.4, 0.5) is 0 Å². The van der Waals surface area contributed by atoms with Gasteiger partial charge in [-0.1, -0.05) is 13.8 Å². The Morgan fingerprint density at radius 3 is 2.58 bits per heavy atom. The summed E-state index contributed by atoms with van der Waals surface area (Å²) in [7, 11) is 0. The van der Waals surface area contributed by atoms with E-state index >= 15 is 0 Å². The van der Waals surface area contributed by atoms with Crippen LogP contribution in [0, 0.1) is 18.3 Å². The average molecular weight is 169 g/mol. The Hall–Kier alpha value is -1.01. The Balaban J connectivity index is 3.97. The highest BCUT2D eigenvalue weighted by atomic mass is 16.3. The summed E-state index contributed by atoms with van der Waals surface area (Å²) in [6.07, 6.45) is 5.44. The molecule has 68 valence electrons. The number of carbonyl (C=O) groups is 1. The highest BCUT2D eigenvalue weighted by Crippen LogP contribution is 2.04. The normalized spacial score (nSPS) is 12.2. The molecule has 0 aliphatic carbocycles. The summed E-state index contributed by atoms with van der Waals surface area (Å²) in [5, 5.41) is 11.3. The maximum absolute atomic E-state index is 10.8. The number of aliphatic hydroxyl groups is 1. The zero-order chi connectivity index (χ0) is 9.56. The monoisotopic (exact) mass is 169 g/mol. The van der Waals surface area contributed by atoms with Crippen molar-refractivity contribution in [3.63, 3.8) is 0 Å². The summed E-state index contributed by atoms with van der Waals surface area (Å²) in [5.41, 5.74) is 0. The minimum atomic E-state index is -0.415. The van der Waals surface area contributed by atoms with Gasteiger partial charge in [0.15, 0.2) is 0 Å². The van der Waals surface area contributed by atoms with Crippen LogP contribution in [-0.2, 0) is 4.79 Å². The van der Waals surface area contributed by atoms with Gasteiger partial charge in [0.25, 0.3) is 5.91 Å². The summed E-state index contributed by atoms with van der Waals surface area (Å²) >= 11 is 0. The van der Waals surface area contributed by atoms with Gasteiger partial charge in [-0.05, 0) is 18.3 Å². The third-order valence-electron chi connectivity index (χ3n) is 1.69. The Bertz CT molecular complexity index is 181. The molecule has 0 aliphatic heterocycles. The van der Waals surface area contributed by atoms with Gasteiger partial charge in [0.2, 0.25) is 0 Å². The van der Waals surface area contributed by atoms with E-state index in [1.165, 1.54) is 0 Å². The maximum atomic E-state index is 10.8. The van der Waals surface area contributed by atoms with Gasteiger partial charge in [0.05, 0.1) is 0 Å². The Labute approximate surface area is 73.2 Å². The van der Waals surface area contributed by atoms with Crippen molar-refractivity contribution in [2.75, 3.05) is 6.61 Å². The van der Waals surface area contributed by atoms with E-state index < -0.39 is 5.91 Å². The number of rotatable bonds is 4. The second-order valence-electron chi connectivity index (χ2n) is 2.98. The third-order valence-corrected chi connectivity index (χ3v) is 1.69. The zero-order valence-electron chi connectivity index (χ0n) is 7.50. The standard InChI is InChI=1S/C9H15NO2/c1-4-9(12)10-8(5-6-11)7(2)3/h1,7-8,11H,5-6H2,2-3H3,(H,10,12). The number of carbonyl (C=O) groups excluding carboxylic acids is 1. The van der Waals surface area contributed by atoms with Crippen molar-refractivity contribution < 1.29 is 9.90 Å². The van der Waals surface area contributed by atoms with E-state index in [9.17, 15) is 4.79 Å². The molecule has 0 rings (SSSR count). The van der Waals surface area contributed by atoms with Gasteiger partial charge in [-0.15, -0.1) is 6.42 Å². The molecule has 0 saturated heterocycles. The molecule has 0 radical (unpaired) electrons. The van der Waals surface area contributed by atoms with E-state index in [2.05, 4.69) is 5.32 Å². The second kappa shape index (κ2) is 5.62. The van der Waals surface area contributed by atoms with Crippen molar-refractivity contribution >= 4 is 5.91 Å². The van der Waals surface area contributed by atoms with Crippen molar-refractivity contribution in [3.05, 3.63) is 0 Å². The van der Waals surface area contributed by atoms with Gasteiger partial charge in [0.1, 0.15) is 0 Å². The van der Waals surface area contributed by atoms with Gasteiger partial charge in [-0.2, -0.15) is 0 Å². The van der Waals surface area contributed by atoms with Gasteiger partial charge >= 0.3 is 0 Å². The van der Waals surface area contributed by atoms with Gasteiger partial charge < -0.3 is 10.4 Å². The molecule has 2 N–H and O–H groups in total. The fourth-order valence-electron chi connectivity index (χ4n) is 0.921. The van der Waals surface area contributed by atoms with E-state index in [1.807, 2.05) is 19.8 Å². The molecule has 0 heterocycles. The van der Waals surface area contributed by atoms with Crippen LogP contribution < -0.4 is 5.32 Å². The molecule has 1 atom stereocenters. The molecule has 1 unspecified atom stereocenters. The fourth-order valence-corrected chi connectivity index (χ4v) is 0.921. The van der Waals surface area contributed by atoms with Crippen molar-refractivity contribution in [3.8, 4) is 12.3 Å². The lowest BCUT2D eigenvalue weighted by atomic mass is 10.0. The van der Waals surface area contributed by atoms with E-state index in [4.69, 9.17) is 11.5 Å². The summed E-state index contributed by atoms with van der Waals surface area (Å²) in [6, 6.07) is -0.0291. The van der Waals surface area contributed by atoms with Crippen LogP contribution in [0.15, 0.2) is 0 Å². The van der Waals surface area contributed by atoms with E-state index in [1.54, 1.807) is 0 Å². The lowest BCUT2D eigenvalue weighted by molar-refractivity contribution is -0.116. The number of hydrogen-bond donors (Lipinski definition) is 2. The fraction of sp³-hybridized carbons (Fsp3) is 0.667. The molecule has 3 heteroatoms. The quantitative estimate of drug-likeness (QED) is 0.588. The van der Waals surface area contributed by atoms with Crippen LogP contribution in [0.2, 0.25) is 0 Å². The van der Waals surface area contributed by atoms with Gasteiger partial charge in [-0.3, -0.25) is 4.79 Å². The minimum Gasteiger partial charge on any atom is -0.396 e.